The molecule has 0 aliphatic carbocycles. The Hall–Kier alpha value is -0.660. The van der Waals surface area contributed by atoms with Crippen molar-refractivity contribution in [2.24, 2.45) is 5.92 Å². The SMILES string of the molecule is COC(=O)CCS(=O)(=O)NCC1CCNCC1. The number of methoxy groups -OCH3 is 1. The van der Waals surface area contributed by atoms with Crippen LogP contribution >= 0.6 is 0 Å². The quantitative estimate of drug-likeness (QED) is 0.630. The molecule has 1 saturated heterocycles. The van der Waals surface area contributed by atoms with Gasteiger partial charge in [0.1, 0.15) is 0 Å². The van der Waals surface area contributed by atoms with Crippen molar-refractivity contribution in [1.82, 2.24) is 10.0 Å². The summed E-state index contributed by atoms with van der Waals surface area (Å²) in [6, 6.07) is 0. The summed E-state index contributed by atoms with van der Waals surface area (Å²) in [6.07, 6.45) is 1.87. The van der Waals surface area contributed by atoms with Gasteiger partial charge in [0.05, 0.1) is 19.3 Å². The maximum absolute atomic E-state index is 11.6. The maximum atomic E-state index is 11.6. The van der Waals surface area contributed by atoms with Gasteiger partial charge in [-0.3, -0.25) is 4.79 Å². The van der Waals surface area contributed by atoms with Crippen LogP contribution in [0.15, 0.2) is 0 Å². The van der Waals surface area contributed by atoms with E-state index in [1.54, 1.807) is 0 Å². The summed E-state index contributed by atoms with van der Waals surface area (Å²) in [6.45, 7) is 2.34. The van der Waals surface area contributed by atoms with E-state index < -0.39 is 16.0 Å². The monoisotopic (exact) mass is 264 g/mol. The van der Waals surface area contributed by atoms with Crippen LogP contribution in [-0.4, -0.2) is 46.9 Å². The molecule has 0 aromatic heterocycles. The number of carbonyl (C=O) groups is 1. The average Bonchev–Trinajstić information content (AvgIpc) is 2.35. The second-order valence-electron chi connectivity index (χ2n) is 4.19. The highest BCUT2D eigenvalue weighted by Crippen LogP contribution is 2.10. The topological polar surface area (TPSA) is 84.5 Å². The summed E-state index contributed by atoms with van der Waals surface area (Å²) in [7, 11) is -2.11. The summed E-state index contributed by atoms with van der Waals surface area (Å²) in [4.78, 5) is 10.8. The number of esters is 1. The Morgan fingerprint density at radius 1 is 1.41 bits per heavy atom. The molecule has 100 valence electrons. The second-order valence-corrected chi connectivity index (χ2v) is 6.11. The van der Waals surface area contributed by atoms with Gasteiger partial charge >= 0.3 is 5.97 Å². The minimum absolute atomic E-state index is 0.0992. The molecule has 0 bridgehead atoms. The molecule has 0 aromatic rings. The van der Waals surface area contributed by atoms with Crippen LogP contribution in [0.1, 0.15) is 19.3 Å². The number of carbonyl (C=O) groups excluding carboxylic acids is 1. The first-order valence-corrected chi connectivity index (χ1v) is 7.43. The van der Waals surface area contributed by atoms with Crippen LogP contribution in [0, 0.1) is 5.92 Å². The zero-order valence-corrected chi connectivity index (χ0v) is 10.9. The number of piperidine rings is 1. The predicted octanol–water partition coefficient (Wildman–Crippen LogP) is -0.531. The molecule has 2 N–H and O–H groups in total. The first kappa shape index (κ1) is 14.4. The summed E-state index contributed by atoms with van der Waals surface area (Å²) in [5, 5.41) is 3.22. The van der Waals surface area contributed by atoms with Crippen molar-refractivity contribution >= 4 is 16.0 Å². The third-order valence-corrected chi connectivity index (χ3v) is 4.20. The van der Waals surface area contributed by atoms with E-state index in [1.165, 1.54) is 7.11 Å². The second kappa shape index (κ2) is 6.93. The van der Waals surface area contributed by atoms with Crippen molar-refractivity contribution in [2.45, 2.75) is 19.3 Å². The Labute approximate surface area is 102 Å². The van der Waals surface area contributed by atoms with Gasteiger partial charge in [-0.15, -0.1) is 0 Å². The molecule has 0 unspecified atom stereocenters. The van der Waals surface area contributed by atoms with Crippen molar-refractivity contribution < 1.29 is 17.9 Å². The summed E-state index contributed by atoms with van der Waals surface area (Å²) in [5.41, 5.74) is 0. The molecule has 0 aromatic carbocycles. The molecule has 1 aliphatic rings. The number of hydrogen-bond acceptors (Lipinski definition) is 5. The van der Waals surface area contributed by atoms with Crippen molar-refractivity contribution in [3.63, 3.8) is 0 Å². The van der Waals surface area contributed by atoms with Gasteiger partial charge in [0.25, 0.3) is 0 Å². The Kier molecular flexibility index (Phi) is 5.87. The van der Waals surface area contributed by atoms with E-state index in [-0.39, 0.29) is 12.2 Å². The third kappa shape index (κ3) is 5.99. The highest BCUT2D eigenvalue weighted by atomic mass is 32.2. The highest BCUT2D eigenvalue weighted by molar-refractivity contribution is 7.89. The largest absolute Gasteiger partial charge is 0.469 e. The van der Waals surface area contributed by atoms with E-state index in [2.05, 4.69) is 14.8 Å². The van der Waals surface area contributed by atoms with Gasteiger partial charge in [0.2, 0.25) is 10.0 Å². The molecule has 17 heavy (non-hydrogen) atoms. The number of rotatable bonds is 6. The predicted molar refractivity (Wildman–Crippen MR) is 64.0 cm³/mol. The lowest BCUT2D eigenvalue weighted by molar-refractivity contribution is -0.140. The summed E-state index contributed by atoms with van der Waals surface area (Å²) in [5.74, 6) is -0.314. The van der Waals surface area contributed by atoms with Gasteiger partial charge in [0, 0.05) is 6.54 Å². The smallest absolute Gasteiger partial charge is 0.306 e. The van der Waals surface area contributed by atoms with Crippen LogP contribution in [0.2, 0.25) is 0 Å². The normalized spacial score (nSPS) is 17.9. The molecule has 0 amide bonds. The lowest BCUT2D eigenvalue weighted by atomic mass is 9.99. The fraction of sp³-hybridized carbons (Fsp3) is 0.900. The number of ether oxygens (including phenoxy) is 1. The molecule has 1 rings (SSSR count). The van der Waals surface area contributed by atoms with Crippen LogP contribution in [-0.2, 0) is 19.6 Å². The first-order chi connectivity index (χ1) is 8.03. The van der Waals surface area contributed by atoms with Crippen molar-refractivity contribution in [2.75, 3.05) is 32.5 Å². The average molecular weight is 264 g/mol. The molecule has 1 aliphatic heterocycles. The minimum Gasteiger partial charge on any atom is -0.469 e. The Morgan fingerprint density at radius 2 is 2.06 bits per heavy atom. The zero-order chi connectivity index (χ0) is 12.7. The van der Waals surface area contributed by atoms with Gasteiger partial charge in [-0.25, -0.2) is 13.1 Å². The Morgan fingerprint density at radius 3 is 2.65 bits per heavy atom. The zero-order valence-electron chi connectivity index (χ0n) is 10.1. The molecule has 7 heteroatoms. The van der Waals surface area contributed by atoms with E-state index in [9.17, 15) is 13.2 Å². The molecule has 0 atom stereocenters. The van der Waals surface area contributed by atoms with E-state index in [1.807, 2.05) is 0 Å². The Bertz CT molecular complexity index is 336. The van der Waals surface area contributed by atoms with E-state index in [4.69, 9.17) is 0 Å². The van der Waals surface area contributed by atoms with Gasteiger partial charge < -0.3 is 10.1 Å². The first-order valence-electron chi connectivity index (χ1n) is 5.78. The maximum Gasteiger partial charge on any atom is 0.306 e. The molecule has 0 saturated carbocycles. The van der Waals surface area contributed by atoms with Crippen LogP contribution in [0.25, 0.3) is 0 Å². The van der Waals surface area contributed by atoms with Crippen LogP contribution in [0.4, 0.5) is 0 Å². The van der Waals surface area contributed by atoms with E-state index in [0.717, 1.165) is 25.9 Å². The van der Waals surface area contributed by atoms with Gasteiger partial charge in [-0.05, 0) is 31.8 Å². The van der Waals surface area contributed by atoms with Crippen LogP contribution in [0.3, 0.4) is 0 Å². The van der Waals surface area contributed by atoms with Crippen molar-refractivity contribution in [1.29, 1.82) is 0 Å². The summed E-state index contributed by atoms with van der Waals surface area (Å²) < 4.78 is 30.1. The number of sulfonamides is 1. The summed E-state index contributed by atoms with van der Waals surface area (Å²) >= 11 is 0. The van der Waals surface area contributed by atoms with Gasteiger partial charge in [-0.1, -0.05) is 0 Å². The highest BCUT2D eigenvalue weighted by Gasteiger charge is 2.17. The molecule has 0 spiro atoms. The third-order valence-electron chi connectivity index (χ3n) is 2.85. The molecule has 1 heterocycles. The lowest BCUT2D eigenvalue weighted by Gasteiger charge is -2.22. The number of hydrogen-bond donors (Lipinski definition) is 2. The number of nitrogens with one attached hydrogen (secondary N) is 2. The fourth-order valence-electron chi connectivity index (χ4n) is 1.72. The van der Waals surface area contributed by atoms with Gasteiger partial charge in [0.15, 0.2) is 0 Å². The molecular weight excluding hydrogens is 244 g/mol. The van der Waals surface area contributed by atoms with Crippen molar-refractivity contribution in [3.05, 3.63) is 0 Å². The van der Waals surface area contributed by atoms with Crippen molar-refractivity contribution in [3.8, 4) is 0 Å². The van der Waals surface area contributed by atoms with Crippen LogP contribution in [0.5, 0.6) is 0 Å². The van der Waals surface area contributed by atoms with E-state index in [0.29, 0.717) is 12.5 Å². The fourth-order valence-corrected chi connectivity index (χ4v) is 2.79. The molecular formula is C10H20N2O4S. The molecule has 6 nitrogen and oxygen atoms in total. The van der Waals surface area contributed by atoms with Gasteiger partial charge in [-0.2, -0.15) is 0 Å². The minimum atomic E-state index is -3.36. The van der Waals surface area contributed by atoms with Crippen LogP contribution < -0.4 is 10.0 Å². The molecule has 1 fully saturated rings. The molecule has 0 radical (unpaired) electrons. The van der Waals surface area contributed by atoms with E-state index >= 15 is 0 Å². The Balaban J connectivity index is 2.26. The lowest BCUT2D eigenvalue weighted by Crippen LogP contribution is -2.37. The standard InChI is InChI=1S/C10H20N2O4S/c1-16-10(13)4-7-17(14,15)12-8-9-2-5-11-6-3-9/h9,11-12H,2-8H2,1H3.